The lowest BCUT2D eigenvalue weighted by molar-refractivity contribution is 0.0963. The summed E-state index contributed by atoms with van der Waals surface area (Å²) >= 11 is 0. The molecule has 1 heterocycles. The predicted molar refractivity (Wildman–Crippen MR) is 102 cm³/mol. The fourth-order valence-corrected chi connectivity index (χ4v) is 2.67. The van der Waals surface area contributed by atoms with E-state index in [9.17, 15) is 9.59 Å². The third-order valence-electron chi connectivity index (χ3n) is 4.08. The predicted octanol–water partition coefficient (Wildman–Crippen LogP) is 3.26. The first-order valence-corrected chi connectivity index (χ1v) is 8.25. The van der Waals surface area contributed by atoms with Gasteiger partial charge in [-0.25, -0.2) is 4.79 Å². The van der Waals surface area contributed by atoms with Crippen molar-refractivity contribution in [3.8, 4) is 0 Å². The van der Waals surface area contributed by atoms with E-state index in [0.29, 0.717) is 17.8 Å². The van der Waals surface area contributed by atoms with Crippen LogP contribution in [0.4, 0.5) is 10.5 Å². The third-order valence-corrected chi connectivity index (χ3v) is 4.08. The monoisotopic (exact) mass is 348 g/mol. The Labute approximate surface area is 151 Å². The number of rotatable bonds is 4. The van der Waals surface area contributed by atoms with Crippen LogP contribution < -0.4 is 10.6 Å². The maximum absolute atomic E-state index is 12.5. The van der Waals surface area contributed by atoms with Gasteiger partial charge in [0.25, 0.3) is 5.91 Å². The number of urea groups is 1. The smallest absolute Gasteiger partial charge is 0.321 e. The van der Waals surface area contributed by atoms with Gasteiger partial charge in [0.1, 0.15) is 0 Å². The van der Waals surface area contributed by atoms with E-state index in [0.717, 1.165) is 16.5 Å². The number of carbonyl (C=O) groups is 2. The molecule has 0 atom stereocenters. The molecule has 0 fully saturated rings. The summed E-state index contributed by atoms with van der Waals surface area (Å²) in [6, 6.07) is 16.4. The number of pyridine rings is 1. The molecule has 2 aromatic carbocycles. The first-order valence-electron chi connectivity index (χ1n) is 8.25. The standard InChI is InChI=1S/C20H20N4O2/c1-21-19(25)16-10-8-14(9-11-16)13-24(2)20(26)23-17-7-3-5-15-6-4-12-22-18(15)17/h3-12H,13H2,1-2H3,(H,21,25)(H,23,26). The van der Waals surface area contributed by atoms with Crippen LogP contribution in [0.1, 0.15) is 15.9 Å². The number of nitrogens with zero attached hydrogens (tertiary/aromatic N) is 2. The summed E-state index contributed by atoms with van der Waals surface area (Å²) < 4.78 is 0. The molecule has 3 aromatic rings. The molecule has 3 amide bonds. The number of para-hydroxylation sites is 1. The van der Waals surface area contributed by atoms with Crippen LogP contribution in [0.25, 0.3) is 10.9 Å². The van der Waals surface area contributed by atoms with Crippen LogP contribution >= 0.6 is 0 Å². The maximum atomic E-state index is 12.5. The lowest BCUT2D eigenvalue weighted by Crippen LogP contribution is -2.31. The summed E-state index contributed by atoms with van der Waals surface area (Å²) in [5.74, 6) is -0.133. The molecule has 0 saturated carbocycles. The SMILES string of the molecule is CNC(=O)c1ccc(CN(C)C(=O)Nc2cccc3cccnc23)cc1. The Hall–Kier alpha value is -3.41. The molecule has 0 saturated heterocycles. The zero-order valence-electron chi connectivity index (χ0n) is 14.7. The van der Waals surface area contributed by atoms with Crippen LogP contribution in [0.3, 0.4) is 0 Å². The van der Waals surface area contributed by atoms with Gasteiger partial charge in [-0.05, 0) is 29.8 Å². The lowest BCUT2D eigenvalue weighted by atomic mass is 10.1. The van der Waals surface area contributed by atoms with Crippen LogP contribution in [0.5, 0.6) is 0 Å². The van der Waals surface area contributed by atoms with Crippen LogP contribution in [0, 0.1) is 0 Å². The van der Waals surface area contributed by atoms with Gasteiger partial charge in [-0.1, -0.05) is 30.3 Å². The minimum Gasteiger partial charge on any atom is -0.355 e. The molecule has 6 heteroatoms. The molecule has 1 aromatic heterocycles. The molecule has 0 bridgehead atoms. The van der Waals surface area contributed by atoms with Crippen molar-refractivity contribution in [1.82, 2.24) is 15.2 Å². The largest absolute Gasteiger partial charge is 0.355 e. The summed E-state index contributed by atoms with van der Waals surface area (Å²) in [7, 11) is 3.32. The molecule has 6 nitrogen and oxygen atoms in total. The van der Waals surface area contributed by atoms with Crippen LogP contribution in [0.2, 0.25) is 0 Å². The molecule has 2 N–H and O–H groups in total. The molecular formula is C20H20N4O2. The number of anilines is 1. The molecule has 26 heavy (non-hydrogen) atoms. The van der Waals surface area contributed by atoms with Crippen molar-refractivity contribution < 1.29 is 9.59 Å². The van der Waals surface area contributed by atoms with E-state index in [1.165, 1.54) is 0 Å². The highest BCUT2D eigenvalue weighted by atomic mass is 16.2. The van der Waals surface area contributed by atoms with Gasteiger partial charge in [-0.3, -0.25) is 9.78 Å². The quantitative estimate of drug-likeness (QED) is 0.760. The number of amides is 3. The van der Waals surface area contributed by atoms with Crippen molar-refractivity contribution in [2.45, 2.75) is 6.54 Å². The van der Waals surface area contributed by atoms with Gasteiger partial charge in [0.05, 0.1) is 11.2 Å². The van der Waals surface area contributed by atoms with Crippen molar-refractivity contribution in [3.05, 3.63) is 71.9 Å². The minimum atomic E-state index is -0.224. The Morgan fingerprint density at radius 1 is 1.04 bits per heavy atom. The van der Waals surface area contributed by atoms with Gasteiger partial charge in [-0.15, -0.1) is 0 Å². The molecule has 0 spiro atoms. The van der Waals surface area contributed by atoms with Crippen LogP contribution in [-0.4, -0.2) is 35.9 Å². The van der Waals surface area contributed by atoms with E-state index in [1.807, 2.05) is 42.5 Å². The second-order valence-electron chi connectivity index (χ2n) is 5.94. The van der Waals surface area contributed by atoms with E-state index in [-0.39, 0.29) is 11.9 Å². The average Bonchev–Trinajstić information content (AvgIpc) is 2.68. The summed E-state index contributed by atoms with van der Waals surface area (Å²) in [6.45, 7) is 0.429. The normalized spacial score (nSPS) is 10.4. The van der Waals surface area contributed by atoms with Crippen molar-refractivity contribution in [2.24, 2.45) is 0 Å². The van der Waals surface area contributed by atoms with Crippen molar-refractivity contribution in [1.29, 1.82) is 0 Å². The number of aromatic nitrogens is 1. The summed E-state index contributed by atoms with van der Waals surface area (Å²) in [4.78, 5) is 30.0. The molecule has 3 rings (SSSR count). The molecule has 0 radical (unpaired) electrons. The van der Waals surface area contributed by atoms with Gasteiger partial charge in [0.15, 0.2) is 0 Å². The fourth-order valence-electron chi connectivity index (χ4n) is 2.67. The van der Waals surface area contributed by atoms with Gasteiger partial charge >= 0.3 is 6.03 Å². The summed E-state index contributed by atoms with van der Waals surface area (Å²) in [5, 5.41) is 6.46. The van der Waals surface area contributed by atoms with Crippen molar-refractivity contribution in [2.75, 3.05) is 19.4 Å². The van der Waals surface area contributed by atoms with E-state index < -0.39 is 0 Å². The molecule has 0 unspecified atom stereocenters. The highest BCUT2D eigenvalue weighted by Gasteiger charge is 2.12. The number of fused-ring (bicyclic) bond motifs is 1. The van der Waals surface area contributed by atoms with Gasteiger partial charge in [0.2, 0.25) is 0 Å². The Kier molecular flexibility index (Phi) is 5.12. The highest BCUT2D eigenvalue weighted by Crippen LogP contribution is 2.21. The maximum Gasteiger partial charge on any atom is 0.321 e. The van der Waals surface area contributed by atoms with E-state index >= 15 is 0 Å². The zero-order chi connectivity index (χ0) is 18.5. The molecule has 0 aliphatic heterocycles. The van der Waals surface area contributed by atoms with Crippen LogP contribution in [0.15, 0.2) is 60.8 Å². The van der Waals surface area contributed by atoms with E-state index in [2.05, 4.69) is 15.6 Å². The first-order chi connectivity index (χ1) is 12.6. The number of carbonyl (C=O) groups excluding carboxylic acids is 2. The second-order valence-corrected chi connectivity index (χ2v) is 5.94. The van der Waals surface area contributed by atoms with Crippen LogP contribution in [-0.2, 0) is 6.54 Å². The first kappa shape index (κ1) is 17.4. The fraction of sp³-hybridized carbons (Fsp3) is 0.150. The number of hydrogen-bond acceptors (Lipinski definition) is 3. The van der Waals surface area contributed by atoms with E-state index in [1.54, 1.807) is 37.3 Å². The molecule has 132 valence electrons. The Morgan fingerprint density at radius 3 is 2.50 bits per heavy atom. The number of benzene rings is 2. The summed E-state index contributed by atoms with van der Waals surface area (Å²) in [6.07, 6.45) is 1.70. The van der Waals surface area contributed by atoms with Crippen molar-refractivity contribution >= 4 is 28.5 Å². The Morgan fingerprint density at radius 2 is 1.77 bits per heavy atom. The lowest BCUT2D eigenvalue weighted by Gasteiger charge is -2.18. The van der Waals surface area contributed by atoms with Gasteiger partial charge < -0.3 is 15.5 Å². The Bertz CT molecular complexity index is 933. The van der Waals surface area contributed by atoms with Gasteiger partial charge in [-0.2, -0.15) is 0 Å². The Balaban J connectivity index is 1.69. The van der Waals surface area contributed by atoms with Crippen molar-refractivity contribution in [3.63, 3.8) is 0 Å². The van der Waals surface area contributed by atoms with Gasteiger partial charge in [0, 0.05) is 37.8 Å². The number of hydrogen-bond donors (Lipinski definition) is 2. The topological polar surface area (TPSA) is 74.3 Å². The molecule has 0 aliphatic rings. The third kappa shape index (κ3) is 3.80. The minimum absolute atomic E-state index is 0.133. The highest BCUT2D eigenvalue weighted by molar-refractivity contribution is 5.99. The molecular weight excluding hydrogens is 328 g/mol. The summed E-state index contributed by atoms with van der Waals surface area (Å²) in [5.41, 5.74) is 2.96. The number of nitrogens with one attached hydrogen (secondary N) is 2. The molecule has 0 aliphatic carbocycles. The van der Waals surface area contributed by atoms with E-state index in [4.69, 9.17) is 0 Å². The average molecular weight is 348 g/mol. The zero-order valence-corrected chi connectivity index (χ0v) is 14.7. The second kappa shape index (κ2) is 7.65.